The number of anilines is 1. The predicted octanol–water partition coefficient (Wildman–Crippen LogP) is 7.12. The van der Waals surface area contributed by atoms with E-state index in [9.17, 15) is 24.0 Å². The number of urea groups is 1. The molecule has 3 aromatic carbocycles. The molecule has 12 nitrogen and oxygen atoms in total. The molecule has 0 radical (unpaired) electrons. The van der Waals surface area contributed by atoms with Gasteiger partial charge in [0.15, 0.2) is 11.6 Å². The number of carbonyl (C=O) groups is 5. The summed E-state index contributed by atoms with van der Waals surface area (Å²) in [6.07, 6.45) is 7.46. The maximum absolute atomic E-state index is 13.2. The number of nitrogens with one attached hydrogen (secondary N) is 3. The molecule has 0 bridgehead atoms. The van der Waals surface area contributed by atoms with Crippen molar-refractivity contribution in [2.45, 2.75) is 53.4 Å². The van der Waals surface area contributed by atoms with Crippen LogP contribution in [0.25, 0.3) is 22.6 Å². The summed E-state index contributed by atoms with van der Waals surface area (Å²) in [5, 5.41) is 10.4. The van der Waals surface area contributed by atoms with Gasteiger partial charge in [-0.05, 0) is 105 Å². The minimum Gasteiger partial charge on any atom is -0.423 e. The number of fused-ring (bicyclic) bond motifs is 2. The highest BCUT2D eigenvalue weighted by Crippen LogP contribution is 2.35. The zero-order valence-corrected chi connectivity index (χ0v) is 32.1. The molecular formula is C44H46N6O6. The van der Waals surface area contributed by atoms with Crippen molar-refractivity contribution in [3.05, 3.63) is 124 Å². The van der Waals surface area contributed by atoms with E-state index in [0.29, 0.717) is 58.4 Å². The van der Waals surface area contributed by atoms with Crippen LogP contribution in [0, 0.1) is 13.8 Å². The summed E-state index contributed by atoms with van der Waals surface area (Å²) in [6, 6.07) is 19.5. The first-order chi connectivity index (χ1) is 27.0. The summed E-state index contributed by atoms with van der Waals surface area (Å²) in [5.41, 5.74) is 6.80. The number of nitrogens with zero attached hydrogens (tertiary/aromatic N) is 3. The summed E-state index contributed by atoms with van der Waals surface area (Å²) < 4.78 is 6.67. The molecule has 2 heterocycles. The molecule has 0 unspecified atom stereocenters. The van der Waals surface area contributed by atoms with Gasteiger partial charge in [0.2, 0.25) is 0 Å². The van der Waals surface area contributed by atoms with Gasteiger partial charge in [0.1, 0.15) is 5.75 Å². The summed E-state index contributed by atoms with van der Waals surface area (Å²) in [5.74, 6) is -1.19. The number of esters is 1. The van der Waals surface area contributed by atoms with E-state index >= 15 is 0 Å². The monoisotopic (exact) mass is 754 g/mol. The van der Waals surface area contributed by atoms with Gasteiger partial charge in [0, 0.05) is 65.1 Å². The van der Waals surface area contributed by atoms with Crippen LogP contribution in [-0.4, -0.2) is 75.3 Å². The van der Waals surface area contributed by atoms with E-state index in [2.05, 4.69) is 39.5 Å². The number of ketones is 2. The van der Waals surface area contributed by atoms with Crippen LogP contribution in [0.5, 0.6) is 5.75 Å². The Kier molecular flexibility index (Phi) is 12.5. The van der Waals surface area contributed by atoms with E-state index in [0.717, 1.165) is 65.3 Å². The van der Waals surface area contributed by atoms with Gasteiger partial charge in [-0.3, -0.25) is 14.4 Å². The summed E-state index contributed by atoms with van der Waals surface area (Å²) in [4.78, 5) is 70.5. The molecule has 0 saturated carbocycles. The number of aryl methyl sites for hydroxylation is 1. The molecule has 2 amide bonds. The van der Waals surface area contributed by atoms with Gasteiger partial charge in [-0.15, -0.1) is 0 Å². The van der Waals surface area contributed by atoms with Crippen LogP contribution in [0.2, 0.25) is 0 Å². The number of benzene rings is 3. The number of H-pyrrole nitrogens is 1. The highest BCUT2D eigenvalue weighted by molar-refractivity contribution is 6.29. The first kappa shape index (κ1) is 39.3. The van der Waals surface area contributed by atoms with E-state index in [-0.39, 0.29) is 29.8 Å². The number of ether oxygens (including phenoxy) is 1. The Balaban J connectivity index is 1.09. The van der Waals surface area contributed by atoms with E-state index in [1.807, 2.05) is 44.2 Å². The molecule has 0 aliphatic heterocycles. The molecule has 0 fully saturated rings. The van der Waals surface area contributed by atoms with Gasteiger partial charge in [-0.25, -0.2) is 9.59 Å². The van der Waals surface area contributed by atoms with Gasteiger partial charge >= 0.3 is 12.0 Å². The predicted molar refractivity (Wildman–Crippen MR) is 217 cm³/mol. The van der Waals surface area contributed by atoms with Crippen molar-refractivity contribution in [1.29, 1.82) is 0 Å². The molecule has 0 atom stereocenters. The Labute approximate surface area is 325 Å². The van der Waals surface area contributed by atoms with Crippen molar-refractivity contribution in [2.75, 3.05) is 31.5 Å². The molecular weight excluding hydrogens is 709 g/mol. The highest BCUT2D eigenvalue weighted by Gasteiger charge is 2.27. The van der Waals surface area contributed by atoms with Crippen molar-refractivity contribution >= 4 is 57.7 Å². The normalized spacial score (nSPS) is 13.2. The fourth-order valence-electron chi connectivity index (χ4n) is 6.98. The SMILES string of the molecule is CCN(CC)CCCC(=O)c1c(C)[nH]c(/C=C2\C(=O)Cc3ccc(OC(=O)/C=C\C(=O)n4ncc5ccc(NC(=O)NCCc6ccccc6)cc54)cc32)c1C. The van der Waals surface area contributed by atoms with E-state index < -0.39 is 11.9 Å². The number of aromatic amines is 1. The van der Waals surface area contributed by atoms with E-state index in [1.54, 1.807) is 42.5 Å². The minimum atomic E-state index is -0.792. The van der Waals surface area contributed by atoms with Crippen molar-refractivity contribution in [3.8, 4) is 5.75 Å². The Morgan fingerprint density at radius 2 is 1.77 bits per heavy atom. The largest absolute Gasteiger partial charge is 0.423 e. The summed E-state index contributed by atoms with van der Waals surface area (Å²) >= 11 is 0. The van der Waals surface area contributed by atoms with Gasteiger partial charge < -0.3 is 25.3 Å². The Hall–Kier alpha value is -6.40. The average Bonchev–Trinajstić information content (AvgIpc) is 3.84. The van der Waals surface area contributed by atoms with Crippen LogP contribution in [0.3, 0.4) is 0 Å². The second kappa shape index (κ2) is 17.8. The molecule has 5 aromatic rings. The van der Waals surface area contributed by atoms with Crippen LogP contribution < -0.4 is 15.4 Å². The highest BCUT2D eigenvalue weighted by atomic mass is 16.5. The Bertz CT molecular complexity index is 2350. The van der Waals surface area contributed by atoms with Crippen molar-refractivity contribution in [2.24, 2.45) is 0 Å². The third-order valence-electron chi connectivity index (χ3n) is 10.00. The second-order valence-electron chi connectivity index (χ2n) is 13.7. The quantitative estimate of drug-likeness (QED) is 0.0442. The molecule has 288 valence electrons. The topological polar surface area (TPSA) is 155 Å². The van der Waals surface area contributed by atoms with Crippen molar-refractivity contribution < 1.29 is 28.7 Å². The molecule has 56 heavy (non-hydrogen) atoms. The van der Waals surface area contributed by atoms with Crippen LogP contribution >= 0.6 is 0 Å². The first-order valence-corrected chi connectivity index (χ1v) is 18.9. The molecule has 6 rings (SSSR count). The zero-order chi connectivity index (χ0) is 39.8. The smallest absolute Gasteiger partial charge is 0.336 e. The Morgan fingerprint density at radius 1 is 0.982 bits per heavy atom. The van der Waals surface area contributed by atoms with Gasteiger partial charge in [0.25, 0.3) is 5.91 Å². The molecule has 0 saturated heterocycles. The molecule has 1 aliphatic rings. The van der Waals surface area contributed by atoms with Gasteiger partial charge in [0.05, 0.1) is 11.7 Å². The van der Waals surface area contributed by atoms with Gasteiger partial charge in [-0.1, -0.05) is 50.2 Å². The number of amides is 2. The lowest BCUT2D eigenvalue weighted by Crippen LogP contribution is -2.30. The summed E-state index contributed by atoms with van der Waals surface area (Å²) in [6.45, 7) is 11.2. The Morgan fingerprint density at radius 3 is 2.54 bits per heavy atom. The third-order valence-corrected chi connectivity index (χ3v) is 10.00. The number of allylic oxidation sites excluding steroid dienone is 2. The molecule has 3 N–H and O–H groups in total. The lowest BCUT2D eigenvalue weighted by Gasteiger charge is -2.17. The fraction of sp³-hybridized carbons (Fsp3) is 0.273. The molecule has 12 heteroatoms. The minimum absolute atomic E-state index is 0.0733. The molecule has 2 aromatic heterocycles. The van der Waals surface area contributed by atoms with Crippen molar-refractivity contribution in [3.63, 3.8) is 0 Å². The second-order valence-corrected chi connectivity index (χ2v) is 13.7. The number of rotatable bonds is 15. The third kappa shape index (κ3) is 9.27. The van der Waals surface area contributed by atoms with Crippen LogP contribution in [-0.2, 0) is 22.4 Å². The number of aromatic nitrogens is 3. The number of carbonyl (C=O) groups excluding carboxylic acids is 5. The van der Waals surface area contributed by atoms with E-state index in [4.69, 9.17) is 4.74 Å². The van der Waals surface area contributed by atoms with Gasteiger partial charge in [-0.2, -0.15) is 9.78 Å². The summed E-state index contributed by atoms with van der Waals surface area (Å²) in [7, 11) is 0. The number of Topliss-reactive ketones (excluding diaryl/α,β-unsaturated/α-hetero) is 2. The first-order valence-electron chi connectivity index (χ1n) is 18.9. The lowest BCUT2D eigenvalue weighted by molar-refractivity contribution is -0.129. The van der Waals surface area contributed by atoms with E-state index in [1.165, 1.54) is 6.20 Å². The van der Waals surface area contributed by atoms with Crippen LogP contribution in [0.15, 0.2) is 85.1 Å². The number of hydrogen-bond donors (Lipinski definition) is 3. The van der Waals surface area contributed by atoms with Crippen LogP contribution in [0.1, 0.15) is 75.5 Å². The molecule has 0 spiro atoms. The standard InChI is InChI=1S/C44H46N6O6/c1-5-49(6-2)22-10-13-39(51)43-28(3)37(47-29(43)4)26-36-35-25-34(17-15-31(35)23-40(36)52)56-42(54)19-18-41(53)50-38-24-33(16-14-32(38)27-46-50)48-44(55)45-21-20-30-11-8-7-9-12-30/h7-9,11-12,14-19,24-27,47H,5-6,10,13,20-23H2,1-4H3,(H2,45,48,55)/b19-18-,36-26-. The molecule has 1 aliphatic carbocycles. The van der Waals surface area contributed by atoms with Crippen LogP contribution in [0.4, 0.5) is 10.5 Å². The fourth-order valence-corrected chi connectivity index (χ4v) is 6.98. The zero-order valence-electron chi connectivity index (χ0n) is 32.1. The van der Waals surface area contributed by atoms with Crippen molar-refractivity contribution in [1.82, 2.24) is 25.0 Å². The maximum Gasteiger partial charge on any atom is 0.336 e. The number of hydrogen-bond acceptors (Lipinski definition) is 8. The maximum atomic E-state index is 13.2. The average molecular weight is 755 g/mol. The lowest BCUT2D eigenvalue weighted by atomic mass is 10.00.